The van der Waals surface area contributed by atoms with Crippen molar-refractivity contribution in [3.63, 3.8) is 0 Å². The second kappa shape index (κ2) is 8.61. The van der Waals surface area contributed by atoms with Crippen molar-refractivity contribution in [2.45, 2.75) is 49.8 Å². The molecule has 0 aliphatic rings. The van der Waals surface area contributed by atoms with Gasteiger partial charge in [0, 0.05) is 6.42 Å². The van der Waals surface area contributed by atoms with Crippen molar-refractivity contribution in [2.24, 2.45) is 0 Å². The third-order valence-electron chi connectivity index (χ3n) is 4.51. The lowest BCUT2D eigenvalue weighted by Crippen LogP contribution is -2.14. The fourth-order valence-corrected chi connectivity index (χ4v) is 4.47. The number of carbonyl (C=O) groups excluding carboxylic acids is 1. The minimum Gasteiger partial charge on any atom is -0.406 e. The molecule has 0 aliphatic carbocycles. The van der Waals surface area contributed by atoms with Gasteiger partial charge in [0.15, 0.2) is 4.90 Å². The number of unbranched alkanes of at least 4 members (excludes halogenated alkanes) is 1. The predicted octanol–water partition coefficient (Wildman–Crippen LogP) is 4.42. The van der Waals surface area contributed by atoms with Gasteiger partial charge >= 0.3 is 5.97 Å². The van der Waals surface area contributed by atoms with Gasteiger partial charge in [0.1, 0.15) is 0 Å². The van der Waals surface area contributed by atoms with Gasteiger partial charge in [-0.25, -0.2) is 8.42 Å². The standard InChI is InChI=1S/C22H24N2O4S/c1-4-5-11-20(25)28-22-21(29(26,27)19-14-12-16(2)13-15-19)17(3)23-24(22)18-9-7-6-8-10-18/h6-10,12-15H,4-5,11H2,1-3H3. The Morgan fingerprint density at radius 1 is 1.03 bits per heavy atom. The average molecular weight is 413 g/mol. The number of hydrogen-bond acceptors (Lipinski definition) is 5. The number of carbonyl (C=O) groups is 1. The molecule has 0 atom stereocenters. The second-order valence-corrected chi connectivity index (χ2v) is 8.75. The maximum absolute atomic E-state index is 13.4. The van der Waals surface area contributed by atoms with Crippen molar-refractivity contribution in [1.82, 2.24) is 9.78 Å². The van der Waals surface area contributed by atoms with E-state index in [-0.39, 0.29) is 27.8 Å². The molecule has 0 spiro atoms. The molecule has 3 rings (SSSR count). The molecule has 0 fully saturated rings. The molecule has 1 aromatic heterocycles. The monoisotopic (exact) mass is 412 g/mol. The summed E-state index contributed by atoms with van der Waals surface area (Å²) in [5.41, 5.74) is 1.83. The Morgan fingerprint density at radius 2 is 1.69 bits per heavy atom. The highest BCUT2D eigenvalue weighted by atomic mass is 32.2. The highest BCUT2D eigenvalue weighted by Gasteiger charge is 2.31. The lowest BCUT2D eigenvalue weighted by Gasteiger charge is -2.11. The van der Waals surface area contributed by atoms with Gasteiger partial charge in [-0.05, 0) is 44.5 Å². The molecule has 7 heteroatoms. The van der Waals surface area contributed by atoms with Gasteiger partial charge in [-0.15, -0.1) is 0 Å². The van der Waals surface area contributed by atoms with E-state index in [1.807, 2.05) is 32.0 Å². The maximum Gasteiger partial charge on any atom is 0.312 e. The van der Waals surface area contributed by atoms with Crippen LogP contribution in [0.5, 0.6) is 5.88 Å². The highest BCUT2D eigenvalue weighted by molar-refractivity contribution is 7.91. The Labute approximate surface area is 171 Å². The van der Waals surface area contributed by atoms with E-state index in [2.05, 4.69) is 5.10 Å². The van der Waals surface area contributed by atoms with Crippen molar-refractivity contribution >= 4 is 15.8 Å². The van der Waals surface area contributed by atoms with E-state index in [9.17, 15) is 13.2 Å². The van der Waals surface area contributed by atoms with E-state index in [4.69, 9.17) is 4.74 Å². The van der Waals surface area contributed by atoms with Crippen molar-refractivity contribution in [3.05, 3.63) is 65.9 Å². The molecule has 0 unspecified atom stereocenters. The van der Waals surface area contributed by atoms with Crippen molar-refractivity contribution < 1.29 is 17.9 Å². The molecular formula is C22H24N2O4S. The number of aryl methyl sites for hydroxylation is 2. The molecule has 0 N–H and O–H groups in total. The van der Waals surface area contributed by atoms with Crippen LogP contribution in [0.1, 0.15) is 37.4 Å². The first-order chi connectivity index (χ1) is 13.8. The van der Waals surface area contributed by atoms with Crippen molar-refractivity contribution in [1.29, 1.82) is 0 Å². The second-order valence-electron chi connectivity index (χ2n) is 6.86. The Balaban J connectivity index is 2.16. The van der Waals surface area contributed by atoms with Crippen LogP contribution in [0, 0.1) is 13.8 Å². The molecule has 0 bridgehead atoms. The normalized spacial score (nSPS) is 11.4. The number of hydrogen-bond donors (Lipinski definition) is 0. The number of ether oxygens (including phenoxy) is 1. The summed E-state index contributed by atoms with van der Waals surface area (Å²) < 4.78 is 33.7. The van der Waals surface area contributed by atoms with Crippen LogP contribution < -0.4 is 4.74 Å². The average Bonchev–Trinajstić information content (AvgIpc) is 3.04. The summed E-state index contributed by atoms with van der Waals surface area (Å²) in [5, 5.41) is 4.38. The first-order valence-electron chi connectivity index (χ1n) is 9.52. The van der Waals surface area contributed by atoms with Crippen LogP contribution in [0.15, 0.2) is 64.4 Å². The van der Waals surface area contributed by atoms with Gasteiger partial charge in [-0.3, -0.25) is 4.79 Å². The van der Waals surface area contributed by atoms with Gasteiger partial charge in [-0.1, -0.05) is 49.2 Å². The Kier molecular flexibility index (Phi) is 6.17. The Hall–Kier alpha value is -2.93. The number of aromatic nitrogens is 2. The molecule has 0 saturated carbocycles. The lowest BCUT2D eigenvalue weighted by molar-refractivity contribution is -0.135. The number of rotatable bonds is 7. The number of esters is 1. The molecule has 6 nitrogen and oxygen atoms in total. The van der Waals surface area contributed by atoms with E-state index in [1.165, 1.54) is 4.68 Å². The Morgan fingerprint density at radius 3 is 2.31 bits per heavy atom. The fraction of sp³-hybridized carbons (Fsp3) is 0.273. The van der Waals surface area contributed by atoms with Gasteiger partial charge in [0.25, 0.3) is 0 Å². The summed E-state index contributed by atoms with van der Waals surface area (Å²) >= 11 is 0. The van der Waals surface area contributed by atoms with Crippen LogP contribution in [0.2, 0.25) is 0 Å². The molecule has 0 amide bonds. The van der Waals surface area contributed by atoms with Crippen LogP contribution >= 0.6 is 0 Å². The zero-order valence-corrected chi connectivity index (χ0v) is 17.6. The van der Waals surface area contributed by atoms with Gasteiger partial charge in [0.2, 0.25) is 15.7 Å². The van der Waals surface area contributed by atoms with Gasteiger partial charge < -0.3 is 4.74 Å². The zero-order chi connectivity index (χ0) is 21.0. The number of para-hydroxylation sites is 1. The van der Waals surface area contributed by atoms with Gasteiger partial charge in [-0.2, -0.15) is 9.78 Å². The number of sulfone groups is 1. The van der Waals surface area contributed by atoms with E-state index in [0.717, 1.165) is 12.0 Å². The van der Waals surface area contributed by atoms with Gasteiger partial charge in [0.05, 0.1) is 16.3 Å². The lowest BCUT2D eigenvalue weighted by atomic mass is 10.2. The summed E-state index contributed by atoms with van der Waals surface area (Å²) in [7, 11) is -3.93. The topological polar surface area (TPSA) is 78.3 Å². The minimum absolute atomic E-state index is 0.0737. The van der Waals surface area contributed by atoms with E-state index >= 15 is 0 Å². The minimum atomic E-state index is -3.93. The van der Waals surface area contributed by atoms with E-state index < -0.39 is 15.8 Å². The van der Waals surface area contributed by atoms with Crippen LogP contribution in [0.25, 0.3) is 5.69 Å². The van der Waals surface area contributed by atoms with E-state index in [0.29, 0.717) is 12.1 Å². The molecule has 3 aromatic rings. The van der Waals surface area contributed by atoms with Crippen molar-refractivity contribution in [3.8, 4) is 11.6 Å². The SMILES string of the molecule is CCCCC(=O)Oc1c(S(=O)(=O)c2ccc(C)cc2)c(C)nn1-c1ccccc1. The summed E-state index contributed by atoms with van der Waals surface area (Å²) in [6, 6.07) is 15.6. The zero-order valence-electron chi connectivity index (χ0n) is 16.8. The molecule has 152 valence electrons. The first-order valence-corrected chi connectivity index (χ1v) is 11.0. The molecule has 0 radical (unpaired) electrons. The summed E-state index contributed by atoms with van der Waals surface area (Å²) in [6.45, 7) is 5.46. The Bertz CT molecular complexity index is 1100. The van der Waals surface area contributed by atoms with Crippen LogP contribution in [-0.4, -0.2) is 24.2 Å². The summed E-state index contributed by atoms with van der Waals surface area (Å²) in [5.74, 6) is -0.556. The molecule has 2 aromatic carbocycles. The maximum atomic E-state index is 13.4. The van der Waals surface area contributed by atoms with Crippen LogP contribution in [0.3, 0.4) is 0 Å². The summed E-state index contributed by atoms with van der Waals surface area (Å²) in [4.78, 5) is 12.4. The number of nitrogens with zero attached hydrogens (tertiary/aromatic N) is 2. The molecule has 29 heavy (non-hydrogen) atoms. The van der Waals surface area contributed by atoms with Crippen LogP contribution in [0.4, 0.5) is 0 Å². The molecule has 0 aliphatic heterocycles. The van der Waals surface area contributed by atoms with Crippen LogP contribution in [-0.2, 0) is 14.6 Å². The first kappa shape index (κ1) is 20.8. The summed E-state index contributed by atoms with van der Waals surface area (Å²) in [6.07, 6.45) is 1.71. The third-order valence-corrected chi connectivity index (χ3v) is 6.41. The smallest absolute Gasteiger partial charge is 0.312 e. The fourth-order valence-electron chi connectivity index (χ4n) is 2.95. The van der Waals surface area contributed by atoms with E-state index in [1.54, 1.807) is 43.3 Å². The van der Waals surface area contributed by atoms with Crippen molar-refractivity contribution in [2.75, 3.05) is 0 Å². The number of benzene rings is 2. The molecular weight excluding hydrogens is 388 g/mol. The highest BCUT2D eigenvalue weighted by Crippen LogP contribution is 2.34. The largest absolute Gasteiger partial charge is 0.406 e. The molecule has 1 heterocycles. The predicted molar refractivity (Wildman–Crippen MR) is 110 cm³/mol. The third kappa shape index (κ3) is 4.40. The molecule has 0 saturated heterocycles. The quantitative estimate of drug-likeness (QED) is 0.537.